The van der Waals surface area contributed by atoms with Crippen LogP contribution in [0.5, 0.6) is 5.75 Å². The fourth-order valence-electron chi connectivity index (χ4n) is 3.32. The van der Waals surface area contributed by atoms with Gasteiger partial charge in [0, 0.05) is 32.4 Å². The van der Waals surface area contributed by atoms with E-state index in [-0.39, 0.29) is 18.2 Å². The first kappa shape index (κ1) is 18.8. The molecule has 1 N–H and O–H groups in total. The van der Waals surface area contributed by atoms with Crippen LogP contribution in [0.15, 0.2) is 36.5 Å². The zero-order valence-electron chi connectivity index (χ0n) is 14.9. The zero-order valence-corrected chi connectivity index (χ0v) is 16.4. The SMILES string of the molecule is O=C1Nc2ccccc2OC1CC(=O)N1CCN(c2ncc(Cl)cc2Cl)CC1. The van der Waals surface area contributed by atoms with Crippen LogP contribution in [0.2, 0.25) is 10.0 Å². The summed E-state index contributed by atoms with van der Waals surface area (Å²) in [6.07, 6.45) is 0.727. The van der Waals surface area contributed by atoms with Crippen molar-refractivity contribution in [1.29, 1.82) is 0 Å². The van der Waals surface area contributed by atoms with E-state index in [1.165, 1.54) is 0 Å². The molecule has 1 aromatic heterocycles. The lowest BCUT2D eigenvalue weighted by molar-refractivity contribution is -0.137. The third-order valence-corrected chi connectivity index (χ3v) is 5.27. The predicted molar refractivity (Wildman–Crippen MR) is 107 cm³/mol. The number of hydrogen-bond acceptors (Lipinski definition) is 5. The summed E-state index contributed by atoms with van der Waals surface area (Å²) in [4.78, 5) is 32.9. The van der Waals surface area contributed by atoms with Crippen molar-refractivity contribution in [2.24, 2.45) is 0 Å². The minimum Gasteiger partial charge on any atom is -0.478 e. The Morgan fingerprint density at radius 3 is 2.71 bits per heavy atom. The number of carbonyl (C=O) groups excluding carboxylic acids is 2. The van der Waals surface area contributed by atoms with Crippen molar-refractivity contribution in [2.45, 2.75) is 12.5 Å². The topological polar surface area (TPSA) is 74.8 Å². The van der Waals surface area contributed by atoms with E-state index in [1.807, 2.05) is 17.0 Å². The van der Waals surface area contributed by atoms with E-state index in [4.69, 9.17) is 27.9 Å². The van der Waals surface area contributed by atoms with Gasteiger partial charge in [-0.15, -0.1) is 0 Å². The fourth-order valence-corrected chi connectivity index (χ4v) is 3.82. The van der Waals surface area contributed by atoms with Gasteiger partial charge in [-0.2, -0.15) is 0 Å². The summed E-state index contributed by atoms with van der Waals surface area (Å²) in [6.45, 7) is 2.23. The van der Waals surface area contributed by atoms with Crippen LogP contribution in [-0.2, 0) is 9.59 Å². The number of benzene rings is 1. The molecule has 9 heteroatoms. The van der Waals surface area contributed by atoms with Gasteiger partial charge in [0.15, 0.2) is 6.10 Å². The third-order valence-electron chi connectivity index (χ3n) is 4.79. The van der Waals surface area contributed by atoms with E-state index < -0.39 is 6.10 Å². The third kappa shape index (κ3) is 3.86. The molecule has 7 nitrogen and oxygen atoms in total. The molecule has 1 unspecified atom stereocenters. The van der Waals surface area contributed by atoms with Crippen LogP contribution in [0.25, 0.3) is 0 Å². The second kappa shape index (κ2) is 7.85. The number of halogens is 2. The smallest absolute Gasteiger partial charge is 0.266 e. The normalized spacial score (nSPS) is 18.9. The Hall–Kier alpha value is -2.51. The molecule has 0 aliphatic carbocycles. The van der Waals surface area contributed by atoms with Crippen molar-refractivity contribution in [3.05, 3.63) is 46.6 Å². The summed E-state index contributed by atoms with van der Waals surface area (Å²) in [5.74, 6) is 0.815. The summed E-state index contributed by atoms with van der Waals surface area (Å²) in [5, 5.41) is 3.75. The van der Waals surface area contributed by atoms with E-state index >= 15 is 0 Å². The number of nitrogens with zero attached hydrogens (tertiary/aromatic N) is 3. The average molecular weight is 421 g/mol. The molecular formula is C19H18Cl2N4O3. The number of nitrogens with one attached hydrogen (secondary N) is 1. The molecule has 1 fully saturated rings. The number of anilines is 2. The van der Waals surface area contributed by atoms with E-state index in [1.54, 1.807) is 29.3 Å². The van der Waals surface area contributed by atoms with Crippen molar-refractivity contribution >= 4 is 46.5 Å². The number of rotatable bonds is 3. The number of pyridine rings is 1. The number of carbonyl (C=O) groups is 2. The molecule has 1 atom stereocenters. The van der Waals surface area contributed by atoms with Crippen LogP contribution in [0, 0.1) is 0 Å². The maximum Gasteiger partial charge on any atom is 0.266 e. The van der Waals surface area contributed by atoms with Gasteiger partial charge < -0.3 is 19.9 Å². The maximum absolute atomic E-state index is 12.7. The Morgan fingerprint density at radius 2 is 1.96 bits per heavy atom. The fraction of sp³-hybridized carbons (Fsp3) is 0.316. The van der Waals surface area contributed by atoms with Crippen molar-refractivity contribution in [3.8, 4) is 5.75 Å². The Balaban J connectivity index is 1.35. The molecule has 2 aromatic rings. The first-order chi connectivity index (χ1) is 13.5. The zero-order chi connectivity index (χ0) is 19.7. The Bertz CT molecular complexity index is 916. The van der Waals surface area contributed by atoms with Gasteiger partial charge in [0.25, 0.3) is 5.91 Å². The van der Waals surface area contributed by atoms with Crippen molar-refractivity contribution in [3.63, 3.8) is 0 Å². The van der Waals surface area contributed by atoms with Gasteiger partial charge in [-0.05, 0) is 18.2 Å². The Labute approximate surface area is 172 Å². The molecule has 2 amide bonds. The van der Waals surface area contributed by atoms with Crippen LogP contribution in [0.3, 0.4) is 0 Å². The lowest BCUT2D eigenvalue weighted by atomic mass is 10.1. The molecule has 1 saturated heterocycles. The second-order valence-electron chi connectivity index (χ2n) is 6.62. The van der Waals surface area contributed by atoms with Crippen LogP contribution < -0.4 is 15.0 Å². The quantitative estimate of drug-likeness (QED) is 0.825. The molecule has 4 rings (SSSR count). The molecule has 0 radical (unpaired) electrons. The second-order valence-corrected chi connectivity index (χ2v) is 7.47. The van der Waals surface area contributed by atoms with E-state index in [0.717, 1.165) is 0 Å². The van der Waals surface area contributed by atoms with Crippen molar-refractivity contribution in [2.75, 3.05) is 36.4 Å². The summed E-state index contributed by atoms with van der Waals surface area (Å²) in [5.41, 5.74) is 0.622. The number of ether oxygens (including phenoxy) is 1. The van der Waals surface area contributed by atoms with Crippen molar-refractivity contribution < 1.29 is 14.3 Å². The van der Waals surface area contributed by atoms with Gasteiger partial charge in [-0.3, -0.25) is 9.59 Å². The minimum absolute atomic E-state index is 0.000118. The predicted octanol–water partition coefficient (Wildman–Crippen LogP) is 2.83. The highest BCUT2D eigenvalue weighted by molar-refractivity contribution is 6.36. The number of para-hydroxylation sites is 2. The van der Waals surface area contributed by atoms with E-state index in [0.29, 0.717) is 53.5 Å². The highest BCUT2D eigenvalue weighted by Crippen LogP contribution is 2.30. The van der Waals surface area contributed by atoms with Crippen molar-refractivity contribution in [1.82, 2.24) is 9.88 Å². The number of piperazine rings is 1. The van der Waals surface area contributed by atoms with Gasteiger partial charge >= 0.3 is 0 Å². The first-order valence-electron chi connectivity index (χ1n) is 8.91. The standard InChI is InChI=1S/C19H18Cl2N4O3/c20-12-9-13(21)18(22-11-12)25-7-5-24(6-8-25)17(26)10-16-19(27)23-14-3-1-2-4-15(14)28-16/h1-4,9,11,16H,5-8,10H2,(H,23,27). The Morgan fingerprint density at radius 1 is 1.21 bits per heavy atom. The minimum atomic E-state index is -0.826. The molecule has 2 aliphatic rings. The van der Waals surface area contributed by atoms with Gasteiger partial charge in [0.05, 0.1) is 22.2 Å². The van der Waals surface area contributed by atoms with Crippen LogP contribution in [0.4, 0.5) is 11.5 Å². The summed E-state index contributed by atoms with van der Waals surface area (Å²) in [6, 6.07) is 8.83. The van der Waals surface area contributed by atoms with E-state index in [9.17, 15) is 9.59 Å². The van der Waals surface area contributed by atoms with Gasteiger partial charge in [-0.25, -0.2) is 4.98 Å². The Kier molecular flexibility index (Phi) is 5.28. The molecule has 0 saturated carbocycles. The molecular weight excluding hydrogens is 403 g/mol. The molecule has 1 aromatic carbocycles. The lowest BCUT2D eigenvalue weighted by Gasteiger charge is -2.36. The monoisotopic (exact) mass is 420 g/mol. The average Bonchev–Trinajstić information content (AvgIpc) is 2.69. The molecule has 146 valence electrons. The summed E-state index contributed by atoms with van der Waals surface area (Å²) < 4.78 is 5.71. The van der Waals surface area contributed by atoms with Crippen LogP contribution in [-0.4, -0.2) is 54.0 Å². The molecule has 0 bridgehead atoms. The largest absolute Gasteiger partial charge is 0.478 e. The highest BCUT2D eigenvalue weighted by atomic mass is 35.5. The van der Waals surface area contributed by atoms with Crippen LogP contribution in [0.1, 0.15) is 6.42 Å². The first-order valence-corrected chi connectivity index (χ1v) is 9.67. The molecule has 28 heavy (non-hydrogen) atoms. The lowest BCUT2D eigenvalue weighted by Crippen LogP contribution is -2.51. The number of fused-ring (bicyclic) bond motifs is 1. The maximum atomic E-state index is 12.7. The van der Waals surface area contributed by atoms with Gasteiger partial charge in [0.1, 0.15) is 11.6 Å². The number of amides is 2. The molecule has 0 spiro atoms. The number of hydrogen-bond donors (Lipinski definition) is 1. The van der Waals surface area contributed by atoms with Crippen LogP contribution >= 0.6 is 23.2 Å². The number of aromatic nitrogens is 1. The van der Waals surface area contributed by atoms with Gasteiger partial charge in [-0.1, -0.05) is 35.3 Å². The molecule has 2 aliphatic heterocycles. The van der Waals surface area contributed by atoms with E-state index in [2.05, 4.69) is 10.3 Å². The highest BCUT2D eigenvalue weighted by Gasteiger charge is 2.32. The molecule has 3 heterocycles. The summed E-state index contributed by atoms with van der Waals surface area (Å²) in [7, 11) is 0. The summed E-state index contributed by atoms with van der Waals surface area (Å²) >= 11 is 12.1. The van der Waals surface area contributed by atoms with Gasteiger partial charge in [0.2, 0.25) is 5.91 Å².